The van der Waals surface area contributed by atoms with Crippen molar-refractivity contribution in [3.8, 4) is 22.7 Å². The number of aryl methyl sites for hydroxylation is 1. The topological polar surface area (TPSA) is 69.0 Å². The number of aromatic nitrogens is 3. The van der Waals surface area contributed by atoms with Gasteiger partial charge in [-0.2, -0.15) is 5.10 Å². The van der Waals surface area contributed by atoms with E-state index < -0.39 is 0 Å². The van der Waals surface area contributed by atoms with E-state index in [1.807, 2.05) is 19.1 Å². The van der Waals surface area contributed by atoms with Crippen molar-refractivity contribution in [1.29, 1.82) is 0 Å². The minimum absolute atomic E-state index is 0.254. The van der Waals surface area contributed by atoms with E-state index in [1.54, 1.807) is 50.0 Å². The second kappa shape index (κ2) is 9.20. The number of pyridine rings is 1. The molecule has 0 saturated carbocycles. The highest BCUT2D eigenvalue weighted by Crippen LogP contribution is 2.26. The Morgan fingerprint density at radius 2 is 2.03 bits per heavy atom. The Morgan fingerprint density at radius 1 is 1.19 bits per heavy atom. The van der Waals surface area contributed by atoms with E-state index in [-0.39, 0.29) is 18.3 Å². The zero-order valence-electron chi connectivity index (χ0n) is 17.5. The molecule has 2 heterocycles. The Balaban J connectivity index is 1.66. The van der Waals surface area contributed by atoms with Gasteiger partial charge in [-0.15, -0.1) is 0 Å². The summed E-state index contributed by atoms with van der Waals surface area (Å²) in [5, 5.41) is 7.54. The molecular weight excluding hydrogens is 431 g/mol. The molecule has 2 aromatic heterocycles. The largest absolute Gasteiger partial charge is 0.495 e. The molecule has 0 atom stereocenters. The highest BCUT2D eigenvalue weighted by atomic mass is 35.5. The van der Waals surface area contributed by atoms with Gasteiger partial charge in [-0.05, 0) is 60.0 Å². The fourth-order valence-electron chi connectivity index (χ4n) is 3.36. The molecule has 0 saturated heterocycles. The first-order chi connectivity index (χ1) is 15.4. The summed E-state index contributed by atoms with van der Waals surface area (Å²) < 4.78 is 20.6. The average Bonchev–Trinajstić information content (AvgIpc) is 3.31. The number of ether oxygens (including phenoxy) is 1. The third kappa shape index (κ3) is 4.63. The smallest absolute Gasteiger partial charge is 0.255 e. The van der Waals surface area contributed by atoms with Crippen LogP contribution in [0.5, 0.6) is 5.75 Å². The van der Waals surface area contributed by atoms with Crippen LogP contribution in [0.1, 0.15) is 21.5 Å². The number of benzene rings is 2. The number of rotatable bonds is 6. The predicted octanol–water partition coefficient (Wildman–Crippen LogP) is 4.97. The van der Waals surface area contributed by atoms with Crippen molar-refractivity contribution >= 4 is 17.5 Å². The maximum atomic E-state index is 13.9. The molecule has 0 radical (unpaired) electrons. The van der Waals surface area contributed by atoms with Gasteiger partial charge in [0.2, 0.25) is 0 Å². The molecule has 0 fully saturated rings. The average molecular weight is 451 g/mol. The number of halogens is 2. The van der Waals surface area contributed by atoms with Crippen molar-refractivity contribution in [2.75, 3.05) is 7.11 Å². The SMILES string of the molecule is COc1ccc(CNC(=O)c2cc(-c3cc(C)cc(F)c3)cnc2-n2cccn2)cc1Cl. The van der Waals surface area contributed by atoms with E-state index in [9.17, 15) is 9.18 Å². The highest BCUT2D eigenvalue weighted by molar-refractivity contribution is 6.32. The molecule has 2 aromatic carbocycles. The van der Waals surface area contributed by atoms with Crippen LogP contribution in [-0.4, -0.2) is 27.8 Å². The molecule has 4 rings (SSSR count). The molecule has 0 aliphatic heterocycles. The first-order valence-electron chi connectivity index (χ1n) is 9.83. The molecule has 4 aromatic rings. The van der Waals surface area contributed by atoms with Crippen LogP contribution in [0.2, 0.25) is 5.02 Å². The van der Waals surface area contributed by atoms with E-state index in [2.05, 4.69) is 15.4 Å². The van der Waals surface area contributed by atoms with Crippen LogP contribution in [0.25, 0.3) is 16.9 Å². The van der Waals surface area contributed by atoms with Gasteiger partial charge >= 0.3 is 0 Å². The monoisotopic (exact) mass is 450 g/mol. The standard InChI is InChI=1S/C24H20ClFN4O2/c1-15-8-17(11-19(26)9-15)18-12-20(23(27-14-18)30-7-3-6-29-30)24(31)28-13-16-4-5-22(32-2)21(25)10-16/h3-12,14H,13H2,1-2H3,(H,28,31). The molecule has 8 heteroatoms. The number of hydrogen-bond donors (Lipinski definition) is 1. The van der Waals surface area contributed by atoms with Crippen LogP contribution < -0.4 is 10.1 Å². The predicted molar refractivity (Wildman–Crippen MR) is 121 cm³/mol. The zero-order valence-corrected chi connectivity index (χ0v) is 18.2. The quantitative estimate of drug-likeness (QED) is 0.450. The third-order valence-electron chi connectivity index (χ3n) is 4.88. The van der Waals surface area contributed by atoms with Crippen LogP contribution in [0, 0.1) is 12.7 Å². The Labute approximate surface area is 189 Å². The van der Waals surface area contributed by atoms with Crippen LogP contribution in [0.4, 0.5) is 4.39 Å². The van der Waals surface area contributed by atoms with E-state index in [0.717, 1.165) is 11.1 Å². The summed E-state index contributed by atoms with van der Waals surface area (Å²) in [6, 6.07) is 13.4. The molecule has 0 spiro atoms. The lowest BCUT2D eigenvalue weighted by Gasteiger charge is -2.13. The van der Waals surface area contributed by atoms with E-state index in [4.69, 9.17) is 16.3 Å². The maximum absolute atomic E-state index is 13.9. The van der Waals surface area contributed by atoms with Gasteiger partial charge in [0.25, 0.3) is 5.91 Å². The number of amides is 1. The molecule has 0 aliphatic carbocycles. The molecule has 32 heavy (non-hydrogen) atoms. The van der Waals surface area contributed by atoms with E-state index >= 15 is 0 Å². The van der Waals surface area contributed by atoms with Gasteiger partial charge in [0.15, 0.2) is 5.82 Å². The normalized spacial score (nSPS) is 10.8. The second-order valence-electron chi connectivity index (χ2n) is 7.21. The Morgan fingerprint density at radius 3 is 2.72 bits per heavy atom. The third-order valence-corrected chi connectivity index (χ3v) is 5.17. The molecule has 0 bridgehead atoms. The van der Waals surface area contributed by atoms with Gasteiger partial charge in [-0.3, -0.25) is 4.79 Å². The Hall–Kier alpha value is -3.71. The van der Waals surface area contributed by atoms with Gasteiger partial charge in [0.1, 0.15) is 11.6 Å². The summed E-state index contributed by atoms with van der Waals surface area (Å²) >= 11 is 6.18. The van der Waals surface area contributed by atoms with Crippen molar-refractivity contribution in [1.82, 2.24) is 20.1 Å². The lowest BCUT2D eigenvalue weighted by Crippen LogP contribution is -2.25. The van der Waals surface area contributed by atoms with Gasteiger partial charge in [0, 0.05) is 30.7 Å². The summed E-state index contributed by atoms with van der Waals surface area (Å²) in [6.45, 7) is 2.07. The number of methoxy groups -OCH3 is 1. The van der Waals surface area contributed by atoms with Crippen LogP contribution in [-0.2, 0) is 6.54 Å². The molecule has 1 N–H and O–H groups in total. The number of nitrogens with zero attached hydrogens (tertiary/aromatic N) is 3. The molecular formula is C24H20ClFN4O2. The number of hydrogen-bond acceptors (Lipinski definition) is 4. The molecule has 162 valence electrons. The minimum atomic E-state index is -0.349. The van der Waals surface area contributed by atoms with Gasteiger partial charge < -0.3 is 10.1 Å². The van der Waals surface area contributed by atoms with E-state index in [0.29, 0.717) is 33.3 Å². The van der Waals surface area contributed by atoms with Crippen molar-refractivity contribution in [3.63, 3.8) is 0 Å². The maximum Gasteiger partial charge on any atom is 0.255 e. The molecule has 6 nitrogen and oxygen atoms in total. The number of carbonyl (C=O) groups is 1. The molecule has 0 unspecified atom stereocenters. The van der Waals surface area contributed by atoms with Crippen LogP contribution in [0.15, 0.2) is 67.1 Å². The second-order valence-corrected chi connectivity index (χ2v) is 7.62. The fraction of sp³-hybridized carbons (Fsp3) is 0.125. The molecule has 0 aliphatic rings. The number of nitrogens with one attached hydrogen (secondary N) is 1. The number of carbonyl (C=O) groups excluding carboxylic acids is 1. The van der Waals surface area contributed by atoms with Crippen molar-refractivity contribution in [2.24, 2.45) is 0 Å². The van der Waals surface area contributed by atoms with Gasteiger partial charge in [0.05, 0.1) is 17.7 Å². The van der Waals surface area contributed by atoms with Crippen LogP contribution in [0.3, 0.4) is 0 Å². The highest BCUT2D eigenvalue weighted by Gasteiger charge is 2.17. The zero-order chi connectivity index (χ0) is 22.7. The van der Waals surface area contributed by atoms with Crippen LogP contribution >= 0.6 is 11.6 Å². The first-order valence-corrected chi connectivity index (χ1v) is 10.2. The summed E-state index contributed by atoms with van der Waals surface area (Å²) in [6.07, 6.45) is 4.91. The van der Waals surface area contributed by atoms with Gasteiger partial charge in [-0.25, -0.2) is 14.1 Å². The summed E-state index contributed by atoms with van der Waals surface area (Å²) in [4.78, 5) is 17.6. The lowest BCUT2D eigenvalue weighted by atomic mass is 10.0. The fourth-order valence-corrected chi connectivity index (χ4v) is 3.64. The Bertz CT molecular complexity index is 1250. The summed E-state index contributed by atoms with van der Waals surface area (Å²) in [5.74, 6) is 0.241. The van der Waals surface area contributed by atoms with Crippen molar-refractivity contribution in [3.05, 3.63) is 94.7 Å². The Kier molecular flexibility index (Phi) is 6.18. The van der Waals surface area contributed by atoms with E-state index in [1.165, 1.54) is 16.8 Å². The van der Waals surface area contributed by atoms with Crippen molar-refractivity contribution in [2.45, 2.75) is 13.5 Å². The molecule has 1 amide bonds. The lowest BCUT2D eigenvalue weighted by molar-refractivity contribution is 0.0950. The van der Waals surface area contributed by atoms with Gasteiger partial charge in [-0.1, -0.05) is 23.7 Å². The summed E-state index contributed by atoms with van der Waals surface area (Å²) in [5.41, 5.74) is 3.17. The summed E-state index contributed by atoms with van der Waals surface area (Å²) in [7, 11) is 1.54. The first kappa shape index (κ1) is 21.5. The minimum Gasteiger partial charge on any atom is -0.495 e. The van der Waals surface area contributed by atoms with Crippen molar-refractivity contribution < 1.29 is 13.9 Å².